The van der Waals surface area contributed by atoms with Gasteiger partial charge in [-0.05, 0) is 96.1 Å². The van der Waals surface area contributed by atoms with Crippen LogP contribution in [0.3, 0.4) is 0 Å². The van der Waals surface area contributed by atoms with Crippen LogP contribution in [0.25, 0.3) is 0 Å². The fourth-order valence-corrected chi connectivity index (χ4v) is 14.4. The van der Waals surface area contributed by atoms with Gasteiger partial charge in [0.2, 0.25) is 35.4 Å². The van der Waals surface area contributed by atoms with E-state index in [0.717, 1.165) is 16.7 Å². The molecule has 0 saturated carbocycles. The van der Waals surface area contributed by atoms with Crippen molar-refractivity contribution in [2.75, 3.05) is 19.6 Å². The zero-order valence-corrected chi connectivity index (χ0v) is 73.9. The van der Waals surface area contributed by atoms with Gasteiger partial charge in [-0.3, -0.25) is 43.7 Å². The van der Waals surface area contributed by atoms with Gasteiger partial charge in [-0.15, -0.1) is 0 Å². The van der Waals surface area contributed by atoms with Crippen LogP contribution in [-0.2, 0) is 96.1 Å². The highest BCUT2D eigenvalue weighted by atomic mass is 16.4. The number of carboxylic acid groups (broad SMARTS) is 3. The first-order valence-electron chi connectivity index (χ1n) is 43.2. The number of hydrogen-bond acceptors (Lipinski definition) is 24. The number of amides is 12. The Morgan fingerprint density at radius 1 is 0.344 bits per heavy atom. The first-order valence-corrected chi connectivity index (χ1v) is 43.2. The highest BCUT2D eigenvalue weighted by Gasteiger charge is 2.41. The molecule has 0 aliphatic carbocycles. The van der Waals surface area contributed by atoms with E-state index in [4.69, 9.17) is 17.2 Å². The van der Waals surface area contributed by atoms with E-state index in [2.05, 4.69) is 94.7 Å². The Hall–Kier alpha value is -14.8. The second-order valence-electron chi connectivity index (χ2n) is 32.6. The number of nitrogens with one attached hydrogen (secondary N) is 15. The lowest BCUT2D eigenvalue weighted by Crippen LogP contribution is -2.65. The van der Waals surface area contributed by atoms with Gasteiger partial charge in [0.1, 0.15) is 73.2 Å². The molecule has 24 N–H and O–H groups in total. The van der Waals surface area contributed by atoms with Gasteiger partial charge in [-0.2, -0.15) is 0 Å². The second kappa shape index (κ2) is 53.7. The van der Waals surface area contributed by atoms with E-state index in [1.807, 2.05) is 112 Å². The van der Waals surface area contributed by atoms with E-state index >= 15 is 0 Å². The number of guanidine groups is 3. The van der Waals surface area contributed by atoms with Gasteiger partial charge in [0.25, 0.3) is 0 Å². The number of aliphatic imine (C=N–C) groups is 3. The third-order valence-corrected chi connectivity index (χ3v) is 21.5. The topological polar surface area (TPSA) is 612 Å². The number of rotatable bonds is 44. The van der Waals surface area contributed by atoms with E-state index in [1.54, 1.807) is 112 Å². The molecule has 0 aromatic heterocycles. The molecule has 0 spiro atoms. The Morgan fingerprint density at radius 2 is 0.603 bits per heavy atom. The van der Waals surface area contributed by atoms with E-state index in [9.17, 15) is 87.2 Å². The molecule has 0 radical (unpaired) electrons. The van der Waals surface area contributed by atoms with E-state index in [1.165, 1.54) is 0 Å². The molecule has 9 rings (SSSR count). The molecule has 131 heavy (non-hydrogen) atoms. The maximum absolute atomic E-state index is 13.7. The summed E-state index contributed by atoms with van der Waals surface area (Å²) in [5, 5.41) is 69.1. The van der Waals surface area contributed by atoms with Crippen molar-refractivity contribution in [2.24, 2.45) is 49.9 Å². The average Bonchev–Trinajstić information content (AvgIpc) is 0.833. The van der Waals surface area contributed by atoms with Crippen LogP contribution in [0.5, 0.6) is 0 Å². The van der Waals surface area contributed by atoms with Crippen molar-refractivity contribution < 1.29 is 87.2 Å². The van der Waals surface area contributed by atoms with Crippen LogP contribution in [0.1, 0.15) is 107 Å². The number of benzene rings is 6. The highest BCUT2D eigenvalue weighted by molar-refractivity contribution is 5.98. The fraction of sp³-hybridized carbons (Fsp3) is 0.413. The second-order valence-corrected chi connectivity index (χ2v) is 32.6. The van der Waals surface area contributed by atoms with Gasteiger partial charge >= 0.3 is 36.0 Å². The molecule has 0 fully saturated rings. The standard InChI is InChI=1S/2C31H41N7O6.C30H39N7O6/c1-19(2)15-24(27(40)34-22(18-39)16-20-9-5-3-6-10-20)35-28(41)26(23-13-14-33-30(32)36-23)38-31(44)37-25(29(42)43)17-21-11-7-4-8-12-21;1-3-19(2)25(27(40)34-22(18-39)16-20-10-6-4-7-11-20)37-28(41)26(23-14-15-33-30(32)35-23)38-31(44)36-24(29(42)43)17-21-12-8-5-9-13-21;1-18(2)24(26(39)33-21(17-38)15-19-9-5-3-6-10-19)36-27(40)25(22-13-14-32-29(31)34-22)37-30(43)35-23(28(41)42)16-20-11-7-4-8-12-20/h3-12,18-19,22-26H,13-17H2,1-2H3,(H,34,40)(H,35,41)(H,42,43)(H3,32,33,36)(H2,37,38,44);4-13,18-19,22-26H,3,14-17H2,1-2H3,(H,34,40)(H,37,41)(H,42,43)(H3,32,33,35)(H2,36,38,44);3-12,17-18,21-25H,13-16H2,1-2H3,(H,33,39)(H,36,40)(H,41,42)(H3,31,32,34)(H2,35,37,43). The number of nitrogens with two attached hydrogens (primary N) is 3. The normalized spacial score (nSPS) is 17.3. The summed E-state index contributed by atoms with van der Waals surface area (Å²) in [7, 11) is 0. The summed E-state index contributed by atoms with van der Waals surface area (Å²) in [5.41, 5.74) is 22.2. The minimum atomic E-state index is -1.27. The van der Waals surface area contributed by atoms with Gasteiger partial charge in [-0.25, -0.2) is 28.8 Å². The molecule has 3 aliphatic heterocycles. The molecular weight excluding hydrogens is 1690 g/mol. The van der Waals surface area contributed by atoms with Crippen LogP contribution in [0, 0.1) is 17.8 Å². The van der Waals surface area contributed by atoms with Crippen molar-refractivity contribution in [2.45, 2.75) is 203 Å². The maximum Gasteiger partial charge on any atom is 0.326 e. The Balaban J connectivity index is 0.000000269. The Morgan fingerprint density at radius 3 is 0.855 bits per heavy atom. The summed E-state index contributed by atoms with van der Waals surface area (Å²) >= 11 is 0. The van der Waals surface area contributed by atoms with Crippen LogP contribution in [0.4, 0.5) is 14.4 Å². The molecule has 3 aliphatic rings. The molecular formula is C92H121N21O18. The fourth-order valence-electron chi connectivity index (χ4n) is 14.4. The lowest BCUT2D eigenvalue weighted by Gasteiger charge is -2.33. The molecule has 12 amide bonds. The smallest absolute Gasteiger partial charge is 0.326 e. The number of carboxylic acids is 3. The largest absolute Gasteiger partial charge is 0.480 e. The summed E-state index contributed by atoms with van der Waals surface area (Å²) in [6.45, 7) is 11.8. The predicted octanol–water partition coefficient (Wildman–Crippen LogP) is 1.06. The molecule has 6 aromatic rings. The van der Waals surface area contributed by atoms with Crippen LogP contribution in [0.15, 0.2) is 197 Å². The Labute approximate surface area is 759 Å². The molecule has 0 saturated heterocycles. The van der Waals surface area contributed by atoms with Gasteiger partial charge in [0, 0.05) is 38.9 Å². The molecule has 0 bridgehead atoms. The average molecular weight is 1810 g/mol. The predicted molar refractivity (Wildman–Crippen MR) is 489 cm³/mol. The van der Waals surface area contributed by atoms with Crippen molar-refractivity contribution in [1.29, 1.82) is 0 Å². The molecule has 16 unspecified atom stereocenters. The van der Waals surface area contributed by atoms with Crippen LogP contribution in [0.2, 0.25) is 0 Å². The number of carbonyl (C=O) groups excluding carboxylic acids is 12. The number of hydrogen-bond donors (Lipinski definition) is 21. The van der Waals surface area contributed by atoms with Crippen LogP contribution in [-0.4, -0.2) is 234 Å². The quantitative estimate of drug-likeness (QED) is 0.0238. The number of urea groups is 3. The third-order valence-electron chi connectivity index (χ3n) is 21.5. The third kappa shape index (κ3) is 35.7. The SMILES string of the molecule is CC(C)C(NC(=O)C(NC(=O)NC(Cc1ccccc1)C(=O)O)C1CCN=C(N)N1)C(=O)NC(C=O)Cc1ccccc1.CC(C)CC(NC(=O)C(NC(=O)NC(Cc1ccccc1)C(=O)O)C1CCN=C(N)N1)C(=O)NC(C=O)Cc1ccccc1.CCC(C)C(NC(=O)C(NC(=O)NC(Cc1ccccc1)C(=O)O)C1CCN=C(N)N1)C(=O)NC(C=O)Cc1ccccc1. The molecule has 39 nitrogen and oxygen atoms in total. The van der Waals surface area contributed by atoms with Crippen molar-refractivity contribution in [3.8, 4) is 0 Å². The van der Waals surface area contributed by atoms with Gasteiger partial charge in [0.15, 0.2) is 17.9 Å². The summed E-state index contributed by atoms with van der Waals surface area (Å²) in [4.78, 5) is 204. The molecule has 3 heterocycles. The Bertz CT molecular complexity index is 4850. The zero-order chi connectivity index (χ0) is 95.5. The lowest BCUT2D eigenvalue weighted by molar-refractivity contribution is -0.140. The van der Waals surface area contributed by atoms with E-state index < -0.39 is 162 Å². The summed E-state index contributed by atoms with van der Waals surface area (Å²) in [6.07, 6.45) is 4.63. The first kappa shape index (κ1) is 103. The van der Waals surface area contributed by atoms with Crippen molar-refractivity contribution in [3.63, 3.8) is 0 Å². The lowest BCUT2D eigenvalue weighted by atomic mass is 9.96. The molecule has 702 valence electrons. The van der Waals surface area contributed by atoms with E-state index in [0.29, 0.717) is 67.8 Å². The van der Waals surface area contributed by atoms with Crippen LogP contribution < -0.4 is 97.0 Å². The molecule has 39 heteroatoms. The van der Waals surface area contributed by atoms with Crippen molar-refractivity contribution in [3.05, 3.63) is 215 Å². The molecule has 6 aromatic carbocycles. The van der Waals surface area contributed by atoms with Crippen LogP contribution >= 0.6 is 0 Å². The van der Waals surface area contributed by atoms with E-state index in [-0.39, 0.29) is 93.7 Å². The van der Waals surface area contributed by atoms with Gasteiger partial charge < -0.3 is 127 Å². The van der Waals surface area contributed by atoms with Crippen molar-refractivity contribution in [1.82, 2.24) is 79.8 Å². The molecule has 16 atom stereocenters. The monoisotopic (exact) mass is 1810 g/mol. The number of nitrogens with zero attached hydrogens (tertiary/aromatic N) is 3. The first-order chi connectivity index (χ1) is 62.7. The van der Waals surface area contributed by atoms with Gasteiger partial charge in [-0.1, -0.05) is 230 Å². The highest BCUT2D eigenvalue weighted by Crippen LogP contribution is 2.18. The Kier molecular flexibility index (Phi) is 42.3. The number of aliphatic carboxylic acids is 3. The zero-order valence-electron chi connectivity index (χ0n) is 73.9. The van der Waals surface area contributed by atoms with Gasteiger partial charge in [0.05, 0.1) is 36.3 Å². The minimum absolute atomic E-state index is 0.00513. The number of aldehydes is 3. The minimum Gasteiger partial charge on any atom is -0.480 e. The summed E-state index contributed by atoms with van der Waals surface area (Å²) in [6, 6.07) is 36.2. The van der Waals surface area contributed by atoms with Crippen molar-refractivity contribution >= 4 is 108 Å². The summed E-state index contributed by atoms with van der Waals surface area (Å²) in [5.74, 6) is -7.93. The number of carbonyl (C=O) groups is 15. The summed E-state index contributed by atoms with van der Waals surface area (Å²) < 4.78 is 0. The maximum atomic E-state index is 13.7.